The van der Waals surface area contributed by atoms with Crippen molar-refractivity contribution in [3.63, 3.8) is 0 Å². The first-order valence-corrected chi connectivity index (χ1v) is 5.24. The Kier molecular flexibility index (Phi) is 2.43. The summed E-state index contributed by atoms with van der Waals surface area (Å²) in [7, 11) is 0. The lowest BCUT2D eigenvalue weighted by Crippen LogP contribution is -2.05. The monoisotopic (exact) mass is 228 g/mol. The van der Waals surface area contributed by atoms with Gasteiger partial charge in [0.25, 0.3) is 0 Å². The highest BCUT2D eigenvalue weighted by atomic mass is 35.5. The number of nitrogens with two attached hydrogens (primary N) is 1. The van der Waals surface area contributed by atoms with Crippen molar-refractivity contribution in [2.45, 2.75) is 13.5 Å². The Morgan fingerprint density at radius 1 is 1.57 bits per heavy atom. The molecule has 0 bridgehead atoms. The molecule has 2 N–H and O–H groups in total. The van der Waals surface area contributed by atoms with Crippen molar-refractivity contribution >= 4 is 28.8 Å². The van der Waals surface area contributed by atoms with Gasteiger partial charge in [0.05, 0.1) is 18.9 Å². The largest absolute Gasteiger partial charge is 0.384 e. The smallest absolute Gasteiger partial charge is 0.125 e. The zero-order valence-corrected chi connectivity index (χ0v) is 9.14. The molecule has 0 aliphatic rings. The number of thiazole rings is 1. The molecule has 6 heteroatoms. The summed E-state index contributed by atoms with van der Waals surface area (Å²) in [5.41, 5.74) is 6.78. The van der Waals surface area contributed by atoms with Crippen molar-refractivity contribution < 1.29 is 0 Å². The van der Waals surface area contributed by atoms with E-state index in [4.69, 9.17) is 17.3 Å². The van der Waals surface area contributed by atoms with Crippen LogP contribution < -0.4 is 5.73 Å². The first-order valence-electron chi connectivity index (χ1n) is 4.05. The van der Waals surface area contributed by atoms with Crippen molar-refractivity contribution in [3.8, 4) is 0 Å². The lowest BCUT2D eigenvalue weighted by molar-refractivity contribution is 0.693. The fourth-order valence-electron chi connectivity index (χ4n) is 1.10. The fourth-order valence-corrected chi connectivity index (χ4v) is 2.04. The van der Waals surface area contributed by atoms with Gasteiger partial charge >= 0.3 is 0 Å². The van der Waals surface area contributed by atoms with Crippen LogP contribution in [-0.2, 0) is 6.54 Å². The van der Waals surface area contributed by atoms with E-state index in [-0.39, 0.29) is 0 Å². The highest BCUT2D eigenvalue weighted by Crippen LogP contribution is 2.20. The van der Waals surface area contributed by atoms with Crippen molar-refractivity contribution in [3.05, 3.63) is 27.3 Å². The van der Waals surface area contributed by atoms with E-state index in [1.165, 1.54) is 11.3 Å². The molecule has 0 aromatic carbocycles. The minimum atomic E-state index is 0.580. The number of halogens is 1. The summed E-state index contributed by atoms with van der Waals surface area (Å²) in [4.78, 5) is 4.13. The third kappa shape index (κ3) is 1.73. The number of hydrogen-bond acceptors (Lipinski definition) is 4. The summed E-state index contributed by atoms with van der Waals surface area (Å²) in [5.74, 6) is 0.677. The second-order valence-corrected chi connectivity index (χ2v) is 4.68. The molecule has 0 spiro atoms. The normalized spacial score (nSPS) is 10.7. The maximum Gasteiger partial charge on any atom is 0.125 e. The molecule has 4 nitrogen and oxygen atoms in total. The highest BCUT2D eigenvalue weighted by Gasteiger charge is 2.06. The molecule has 0 unspecified atom stereocenters. The Morgan fingerprint density at radius 3 is 2.86 bits per heavy atom. The van der Waals surface area contributed by atoms with E-state index in [1.54, 1.807) is 17.1 Å². The second kappa shape index (κ2) is 3.59. The minimum Gasteiger partial charge on any atom is -0.384 e. The summed E-state index contributed by atoms with van der Waals surface area (Å²) in [6.45, 7) is 2.50. The molecule has 0 radical (unpaired) electrons. The molecule has 74 valence electrons. The zero-order valence-electron chi connectivity index (χ0n) is 7.57. The van der Waals surface area contributed by atoms with Crippen LogP contribution in [0.2, 0.25) is 4.34 Å². The number of rotatable bonds is 2. The molecule has 14 heavy (non-hydrogen) atoms. The van der Waals surface area contributed by atoms with E-state index in [1.807, 2.05) is 6.92 Å². The van der Waals surface area contributed by atoms with E-state index in [0.717, 1.165) is 10.6 Å². The van der Waals surface area contributed by atoms with Crippen LogP contribution in [0.5, 0.6) is 0 Å². The summed E-state index contributed by atoms with van der Waals surface area (Å²) < 4.78 is 2.40. The van der Waals surface area contributed by atoms with Crippen molar-refractivity contribution in [2.75, 3.05) is 5.73 Å². The summed E-state index contributed by atoms with van der Waals surface area (Å²) in [6.07, 6.45) is 3.37. The molecular formula is C8H9ClN4S. The number of anilines is 1. The molecule has 0 aliphatic heterocycles. The highest BCUT2D eigenvalue weighted by molar-refractivity contribution is 7.15. The van der Waals surface area contributed by atoms with E-state index >= 15 is 0 Å². The van der Waals surface area contributed by atoms with Crippen LogP contribution in [0.15, 0.2) is 12.4 Å². The average Bonchev–Trinajstić information content (AvgIpc) is 2.67. The predicted molar refractivity (Wildman–Crippen MR) is 57.6 cm³/mol. The summed E-state index contributed by atoms with van der Waals surface area (Å²) >= 11 is 7.21. The summed E-state index contributed by atoms with van der Waals surface area (Å²) in [5, 5.41) is 5.04. The number of aromatic nitrogens is 3. The van der Waals surface area contributed by atoms with Crippen molar-refractivity contribution in [1.82, 2.24) is 14.8 Å². The average molecular weight is 229 g/mol. The van der Waals surface area contributed by atoms with Crippen LogP contribution in [0.25, 0.3) is 0 Å². The van der Waals surface area contributed by atoms with Gasteiger partial charge in [-0.15, -0.1) is 11.3 Å². The van der Waals surface area contributed by atoms with Crippen molar-refractivity contribution in [2.24, 2.45) is 0 Å². The standard InChI is InChI=1S/C8H9ClN4S/c1-5-2-12-13(8(5)10)4-7-11-3-6(9)14-7/h2-3H,4,10H2,1H3. The van der Waals surface area contributed by atoms with Gasteiger partial charge in [0.2, 0.25) is 0 Å². The quantitative estimate of drug-likeness (QED) is 0.855. The Morgan fingerprint density at radius 2 is 2.36 bits per heavy atom. The topological polar surface area (TPSA) is 56.7 Å². The molecule has 0 saturated heterocycles. The number of nitrogen functional groups attached to an aromatic ring is 1. The van der Waals surface area contributed by atoms with Gasteiger partial charge in [0, 0.05) is 5.56 Å². The number of aryl methyl sites for hydroxylation is 1. The zero-order chi connectivity index (χ0) is 10.1. The molecule has 2 aromatic heterocycles. The van der Waals surface area contributed by atoms with Crippen LogP contribution >= 0.6 is 22.9 Å². The van der Waals surface area contributed by atoms with Crippen LogP contribution in [0, 0.1) is 6.92 Å². The molecular weight excluding hydrogens is 220 g/mol. The van der Waals surface area contributed by atoms with Gasteiger partial charge in [0.15, 0.2) is 0 Å². The van der Waals surface area contributed by atoms with Gasteiger partial charge in [-0.25, -0.2) is 9.67 Å². The molecule has 2 aromatic rings. The van der Waals surface area contributed by atoms with Gasteiger partial charge in [-0.3, -0.25) is 0 Å². The van der Waals surface area contributed by atoms with E-state index in [2.05, 4.69) is 10.1 Å². The maximum atomic E-state index is 5.80. The maximum absolute atomic E-state index is 5.80. The van der Waals surface area contributed by atoms with Crippen molar-refractivity contribution in [1.29, 1.82) is 0 Å². The van der Waals surface area contributed by atoms with Gasteiger partial charge < -0.3 is 5.73 Å². The Bertz CT molecular complexity index is 448. The number of hydrogen-bond donors (Lipinski definition) is 1. The summed E-state index contributed by atoms with van der Waals surface area (Å²) in [6, 6.07) is 0. The SMILES string of the molecule is Cc1cnn(Cc2ncc(Cl)s2)c1N. The van der Waals surface area contributed by atoms with Gasteiger partial charge in [-0.2, -0.15) is 5.10 Å². The first-order chi connectivity index (χ1) is 6.66. The molecule has 0 atom stereocenters. The second-order valence-electron chi connectivity index (χ2n) is 2.93. The lowest BCUT2D eigenvalue weighted by Gasteiger charge is -2.00. The number of nitrogens with zero attached hydrogens (tertiary/aromatic N) is 3. The Balaban J connectivity index is 2.22. The van der Waals surface area contributed by atoms with E-state index < -0.39 is 0 Å². The van der Waals surface area contributed by atoms with E-state index in [9.17, 15) is 0 Å². The van der Waals surface area contributed by atoms with Crippen LogP contribution in [0.1, 0.15) is 10.6 Å². The fraction of sp³-hybridized carbons (Fsp3) is 0.250. The van der Waals surface area contributed by atoms with Gasteiger partial charge in [-0.1, -0.05) is 11.6 Å². The molecule has 2 rings (SSSR count). The molecule has 0 aliphatic carbocycles. The van der Waals surface area contributed by atoms with Gasteiger partial charge in [0.1, 0.15) is 15.2 Å². The Labute approximate surface area is 90.3 Å². The molecule has 2 heterocycles. The Hall–Kier alpha value is -1.07. The van der Waals surface area contributed by atoms with E-state index in [0.29, 0.717) is 16.7 Å². The molecule has 0 saturated carbocycles. The van der Waals surface area contributed by atoms with Crippen LogP contribution in [-0.4, -0.2) is 14.8 Å². The van der Waals surface area contributed by atoms with Crippen LogP contribution in [0.3, 0.4) is 0 Å². The molecule has 0 amide bonds. The first kappa shape index (κ1) is 9.48. The van der Waals surface area contributed by atoms with Crippen LogP contribution in [0.4, 0.5) is 5.82 Å². The predicted octanol–water partition coefficient (Wildman–Crippen LogP) is 1.93. The third-order valence-corrected chi connectivity index (χ3v) is 2.98. The third-order valence-electron chi connectivity index (χ3n) is 1.88. The molecule has 0 fully saturated rings. The minimum absolute atomic E-state index is 0.580. The lowest BCUT2D eigenvalue weighted by atomic mass is 10.4. The van der Waals surface area contributed by atoms with Gasteiger partial charge in [-0.05, 0) is 6.92 Å².